The van der Waals surface area contributed by atoms with Crippen molar-refractivity contribution in [3.63, 3.8) is 0 Å². The third-order valence-electron chi connectivity index (χ3n) is 4.59. The highest BCUT2D eigenvalue weighted by Crippen LogP contribution is 2.36. The molecule has 4 N–H and O–H groups in total. The predicted octanol–water partition coefficient (Wildman–Crippen LogP) is 1.03. The maximum atomic E-state index is 11.7. The van der Waals surface area contributed by atoms with Crippen LogP contribution in [0.4, 0.5) is 0 Å². The maximum Gasteiger partial charge on any atom is 0.343 e. The number of carbonyl (C=O) groups is 1. The highest BCUT2D eigenvalue weighted by atomic mass is 16.5. The Morgan fingerprint density at radius 1 is 1.52 bits per heavy atom. The van der Waals surface area contributed by atoms with E-state index in [0.29, 0.717) is 19.0 Å². The molecule has 2 aliphatic rings. The third-order valence-corrected chi connectivity index (χ3v) is 4.59. The van der Waals surface area contributed by atoms with Crippen LogP contribution in [0.5, 0.6) is 11.5 Å². The molecule has 0 bridgehead atoms. The lowest BCUT2D eigenvalue weighted by Crippen LogP contribution is -2.54. The van der Waals surface area contributed by atoms with Crippen molar-refractivity contribution in [2.75, 3.05) is 19.6 Å². The highest BCUT2D eigenvalue weighted by Gasteiger charge is 2.31. The van der Waals surface area contributed by atoms with Crippen molar-refractivity contribution >= 4 is 19.7 Å². The van der Waals surface area contributed by atoms with Crippen LogP contribution in [-0.2, 0) is 6.42 Å². The predicted molar refractivity (Wildman–Crippen MR) is 96.2 cm³/mol. The Morgan fingerprint density at radius 3 is 3.00 bits per heavy atom. The number of benzene rings is 1. The van der Waals surface area contributed by atoms with E-state index in [2.05, 4.69) is 4.90 Å². The van der Waals surface area contributed by atoms with Crippen LogP contribution in [0.25, 0.3) is 0 Å². The van der Waals surface area contributed by atoms with Crippen molar-refractivity contribution in [3.05, 3.63) is 35.0 Å². The van der Waals surface area contributed by atoms with Crippen LogP contribution in [0, 0.1) is 5.41 Å². The first-order valence-corrected chi connectivity index (χ1v) is 8.44. The van der Waals surface area contributed by atoms with Crippen molar-refractivity contribution in [2.24, 2.45) is 5.73 Å². The van der Waals surface area contributed by atoms with Gasteiger partial charge in [-0.15, -0.1) is 0 Å². The molecule has 0 amide bonds. The number of carboxylic acid groups (broad SMARTS) is 1. The largest absolute Gasteiger partial charge is 0.563 e. The Hall–Kier alpha value is -2.48. The fourth-order valence-electron chi connectivity index (χ4n) is 3.16. The monoisotopic (exact) mass is 343 g/mol. The van der Waals surface area contributed by atoms with E-state index in [9.17, 15) is 9.90 Å². The summed E-state index contributed by atoms with van der Waals surface area (Å²) in [6.07, 6.45) is 5.13. The summed E-state index contributed by atoms with van der Waals surface area (Å²) in [5.74, 6) is -0.190. The molecule has 7 nitrogen and oxygen atoms in total. The summed E-state index contributed by atoms with van der Waals surface area (Å²) in [5.41, 5.74) is 7.29. The molecule has 3 rings (SSSR count). The molecule has 2 heterocycles. The molecule has 1 saturated heterocycles. The molecule has 0 unspecified atom stereocenters. The van der Waals surface area contributed by atoms with Gasteiger partial charge in [0.2, 0.25) is 0 Å². The fraction of sp³-hybridized carbons (Fsp3) is 0.412. The summed E-state index contributed by atoms with van der Waals surface area (Å²) in [7, 11) is 0.540. The Labute approximate surface area is 147 Å². The molecule has 25 heavy (non-hydrogen) atoms. The zero-order valence-electron chi connectivity index (χ0n) is 14.0. The molecule has 0 saturated carbocycles. The molecular formula is C17H22BN3O4. The second-order valence-electron chi connectivity index (χ2n) is 6.32. The van der Waals surface area contributed by atoms with E-state index >= 15 is 0 Å². The Bertz CT molecular complexity index is 701. The highest BCUT2D eigenvalue weighted by molar-refractivity contribution is 6.29. The minimum absolute atomic E-state index is 0.0370. The van der Waals surface area contributed by atoms with Gasteiger partial charge in [-0.25, -0.2) is 4.79 Å². The summed E-state index contributed by atoms with van der Waals surface area (Å²) < 4.78 is 11.5. The summed E-state index contributed by atoms with van der Waals surface area (Å²) in [6, 6.07) is 3.64. The minimum Gasteiger partial charge on any atom is -0.563 e. The van der Waals surface area contributed by atoms with E-state index in [1.807, 2.05) is 6.07 Å². The van der Waals surface area contributed by atoms with Gasteiger partial charge >= 0.3 is 13.5 Å². The number of hydrogen-bond acceptors (Lipinski definition) is 6. The van der Waals surface area contributed by atoms with Crippen LogP contribution in [0.1, 0.15) is 22.3 Å². The molecule has 132 valence electrons. The van der Waals surface area contributed by atoms with Crippen LogP contribution in [0.2, 0.25) is 6.32 Å². The van der Waals surface area contributed by atoms with Gasteiger partial charge in [0.1, 0.15) is 23.2 Å². The number of aromatic carboxylic acids is 1. The second kappa shape index (κ2) is 7.61. The molecular weight excluding hydrogens is 321 g/mol. The number of fused-ring (bicyclic) bond motifs is 1. The lowest BCUT2D eigenvalue weighted by Gasteiger charge is -2.39. The van der Waals surface area contributed by atoms with Crippen LogP contribution in [-0.4, -0.2) is 55.4 Å². The van der Waals surface area contributed by atoms with Crippen molar-refractivity contribution in [3.8, 4) is 11.5 Å². The topological polar surface area (TPSA) is 109 Å². The summed E-state index contributed by atoms with van der Waals surface area (Å²) in [4.78, 5) is 13.9. The van der Waals surface area contributed by atoms with E-state index in [1.54, 1.807) is 6.07 Å². The van der Waals surface area contributed by atoms with Gasteiger partial charge in [-0.1, -0.05) is 6.07 Å². The minimum atomic E-state index is -1.02. The lowest BCUT2D eigenvalue weighted by molar-refractivity contribution is 0.0199. The number of nitrogens with zero attached hydrogens (tertiary/aromatic N) is 1. The summed E-state index contributed by atoms with van der Waals surface area (Å²) in [6.45, 7) is 2.26. The van der Waals surface area contributed by atoms with E-state index < -0.39 is 5.97 Å². The smallest absolute Gasteiger partial charge is 0.343 e. The van der Waals surface area contributed by atoms with Crippen LogP contribution >= 0.6 is 0 Å². The molecule has 0 radical (unpaired) electrons. The van der Waals surface area contributed by atoms with E-state index in [-0.39, 0.29) is 11.7 Å². The average Bonchev–Trinajstić information content (AvgIpc) is 2.59. The molecule has 1 aromatic carbocycles. The zero-order valence-corrected chi connectivity index (χ0v) is 14.0. The number of aryl methyl sites for hydroxylation is 1. The number of nitrogens with two attached hydrogens (primary N) is 1. The van der Waals surface area contributed by atoms with E-state index in [1.165, 1.54) is 12.4 Å². The quantitative estimate of drug-likeness (QED) is 0.504. The van der Waals surface area contributed by atoms with Gasteiger partial charge in [-0.05, 0) is 42.6 Å². The van der Waals surface area contributed by atoms with Crippen LogP contribution in [0.3, 0.4) is 0 Å². The van der Waals surface area contributed by atoms with E-state index in [0.717, 1.165) is 49.9 Å². The van der Waals surface area contributed by atoms with Crippen LogP contribution in [0.15, 0.2) is 23.9 Å². The molecule has 1 aromatic rings. The summed E-state index contributed by atoms with van der Waals surface area (Å²) >= 11 is 0. The molecule has 8 heteroatoms. The number of nitrogens with one attached hydrogen (secondary N) is 1. The van der Waals surface area contributed by atoms with Crippen molar-refractivity contribution in [2.45, 2.75) is 25.3 Å². The van der Waals surface area contributed by atoms with Gasteiger partial charge in [0, 0.05) is 25.8 Å². The van der Waals surface area contributed by atoms with Gasteiger partial charge in [0.05, 0.1) is 0 Å². The molecule has 0 aromatic heterocycles. The van der Waals surface area contributed by atoms with Crippen molar-refractivity contribution < 1.29 is 19.3 Å². The molecule has 0 spiro atoms. The van der Waals surface area contributed by atoms with Gasteiger partial charge in [-0.2, -0.15) is 0 Å². The zero-order chi connectivity index (χ0) is 17.8. The molecule has 0 atom stereocenters. The van der Waals surface area contributed by atoms with Crippen LogP contribution < -0.4 is 15.1 Å². The maximum absolute atomic E-state index is 11.7. The normalized spacial score (nSPS) is 17.7. The lowest BCUT2D eigenvalue weighted by atomic mass is 9.85. The van der Waals surface area contributed by atoms with Crippen molar-refractivity contribution in [1.29, 1.82) is 5.41 Å². The molecule has 1 fully saturated rings. The first-order chi connectivity index (χ1) is 12.1. The first-order valence-electron chi connectivity index (χ1n) is 8.44. The fourth-order valence-corrected chi connectivity index (χ4v) is 3.16. The SMILES string of the molecule is N=C/C(=C\N)CCN1CC(Oc2ccc3c(c2C(=O)O)OBCC3)C1. The third kappa shape index (κ3) is 3.79. The van der Waals surface area contributed by atoms with Gasteiger partial charge in [-0.3, -0.25) is 4.90 Å². The second-order valence-corrected chi connectivity index (χ2v) is 6.32. The average molecular weight is 343 g/mol. The number of rotatable bonds is 7. The van der Waals surface area contributed by atoms with Crippen molar-refractivity contribution in [1.82, 2.24) is 4.90 Å². The molecule has 0 aliphatic carbocycles. The van der Waals surface area contributed by atoms with Gasteiger partial charge in [0.25, 0.3) is 0 Å². The standard InChI is InChI=1S/C17H22BN3O4/c19-7-11(8-20)4-6-21-9-13(10-21)24-14-2-1-12-3-5-18-25-16(12)15(14)17(22)23/h1-2,7-8,13,18-19H,3-6,9-10,20H2,(H,22,23)/b11-8-,19-7?. The Morgan fingerprint density at radius 2 is 2.32 bits per heavy atom. The number of ether oxygens (including phenoxy) is 1. The van der Waals surface area contributed by atoms with Gasteiger partial charge in [0.15, 0.2) is 0 Å². The first kappa shape index (κ1) is 17.4. The summed E-state index contributed by atoms with van der Waals surface area (Å²) in [5, 5.41) is 16.8. The van der Waals surface area contributed by atoms with E-state index in [4.69, 9.17) is 20.5 Å². The Balaban J connectivity index is 1.61. The Kier molecular flexibility index (Phi) is 5.28. The van der Waals surface area contributed by atoms with Gasteiger partial charge < -0.3 is 25.6 Å². The number of carboxylic acids is 1. The number of hydrogen-bond donors (Lipinski definition) is 3. The molecule has 2 aliphatic heterocycles. The number of likely N-dealkylation sites (tertiary alicyclic amines) is 1.